The maximum Gasteiger partial charge on any atom is 0.255 e. The molecule has 0 radical (unpaired) electrons. The van der Waals surface area contributed by atoms with E-state index in [-0.39, 0.29) is 42.8 Å². The number of halogens is 1. The van der Waals surface area contributed by atoms with Gasteiger partial charge in [0.05, 0.1) is 11.9 Å². The maximum atomic E-state index is 13.8. The molecule has 1 N–H and O–H groups in total. The highest BCUT2D eigenvalue weighted by molar-refractivity contribution is 6.04. The van der Waals surface area contributed by atoms with Crippen LogP contribution in [-0.4, -0.2) is 52.5 Å². The lowest BCUT2D eigenvalue weighted by Gasteiger charge is -2.32. The highest BCUT2D eigenvalue weighted by atomic mass is 19.1. The van der Waals surface area contributed by atoms with Crippen LogP contribution in [0.5, 0.6) is 17.2 Å². The highest BCUT2D eigenvalue weighted by Crippen LogP contribution is 2.32. The summed E-state index contributed by atoms with van der Waals surface area (Å²) in [5, 5.41) is 6.94. The van der Waals surface area contributed by atoms with E-state index in [1.54, 1.807) is 47.5 Å². The Morgan fingerprint density at radius 2 is 1.91 bits per heavy atom. The fourth-order valence-electron chi connectivity index (χ4n) is 3.94. The summed E-state index contributed by atoms with van der Waals surface area (Å²) in [7, 11) is 0. The number of para-hydroxylation sites is 1. The van der Waals surface area contributed by atoms with Gasteiger partial charge < -0.3 is 24.4 Å². The van der Waals surface area contributed by atoms with Gasteiger partial charge in [0, 0.05) is 37.7 Å². The second kappa shape index (κ2) is 9.42. The van der Waals surface area contributed by atoms with Crippen LogP contribution in [0.1, 0.15) is 23.2 Å². The van der Waals surface area contributed by atoms with E-state index in [9.17, 15) is 14.0 Å². The Bertz CT molecular complexity index is 1210. The molecule has 2 aliphatic heterocycles. The topological polar surface area (TPSA) is 94.9 Å². The molecule has 2 aromatic carbocycles. The Labute approximate surface area is 195 Å². The third kappa shape index (κ3) is 4.80. The number of ether oxygens (including phenoxy) is 3. The molecule has 0 atom stereocenters. The standard InChI is InChI=1S/C24H23FN4O5/c25-19-3-1-2-4-20(19)34-18-7-9-28(10-8-18)23(30)14-29-13-17(12-26-29)27-24(31)16-5-6-21-22(11-16)33-15-32-21/h1-6,11-13,18H,7-10,14-15H2,(H,27,31). The molecule has 0 aliphatic carbocycles. The summed E-state index contributed by atoms with van der Waals surface area (Å²) in [6.45, 7) is 1.23. The molecule has 5 rings (SSSR count). The summed E-state index contributed by atoms with van der Waals surface area (Å²) in [6, 6.07) is 11.3. The number of amides is 2. The molecule has 1 fully saturated rings. The van der Waals surface area contributed by atoms with Crippen LogP contribution in [0.25, 0.3) is 0 Å². The fourth-order valence-corrected chi connectivity index (χ4v) is 3.94. The summed E-state index contributed by atoms with van der Waals surface area (Å²) in [6.07, 6.45) is 4.21. The SMILES string of the molecule is O=C(Nc1cnn(CC(=O)N2CCC(Oc3ccccc3F)CC2)c1)c1ccc2c(c1)OCO2. The van der Waals surface area contributed by atoms with Crippen LogP contribution in [-0.2, 0) is 11.3 Å². The summed E-state index contributed by atoms with van der Waals surface area (Å²) in [5.41, 5.74) is 0.904. The third-order valence-corrected chi connectivity index (χ3v) is 5.75. The lowest BCUT2D eigenvalue weighted by molar-refractivity contribution is -0.133. The van der Waals surface area contributed by atoms with Crippen LogP contribution in [0, 0.1) is 5.82 Å². The second-order valence-electron chi connectivity index (χ2n) is 8.08. The Morgan fingerprint density at radius 3 is 2.74 bits per heavy atom. The van der Waals surface area contributed by atoms with Crippen molar-refractivity contribution in [3.8, 4) is 17.2 Å². The largest absolute Gasteiger partial charge is 0.487 e. The molecule has 34 heavy (non-hydrogen) atoms. The van der Waals surface area contributed by atoms with E-state index < -0.39 is 0 Å². The highest BCUT2D eigenvalue weighted by Gasteiger charge is 2.25. The molecule has 3 aromatic rings. The van der Waals surface area contributed by atoms with Crippen molar-refractivity contribution in [1.82, 2.24) is 14.7 Å². The van der Waals surface area contributed by atoms with Gasteiger partial charge in [0.1, 0.15) is 12.6 Å². The van der Waals surface area contributed by atoms with Crippen LogP contribution in [0.15, 0.2) is 54.9 Å². The van der Waals surface area contributed by atoms with E-state index in [1.165, 1.54) is 16.9 Å². The zero-order valence-electron chi connectivity index (χ0n) is 18.3. The van der Waals surface area contributed by atoms with Crippen LogP contribution < -0.4 is 19.5 Å². The van der Waals surface area contributed by atoms with E-state index in [1.807, 2.05) is 0 Å². The zero-order valence-corrected chi connectivity index (χ0v) is 18.3. The number of carbonyl (C=O) groups is 2. The number of fused-ring (bicyclic) bond motifs is 1. The quantitative estimate of drug-likeness (QED) is 0.600. The van der Waals surface area contributed by atoms with E-state index >= 15 is 0 Å². The fraction of sp³-hybridized carbons (Fsp3) is 0.292. The minimum atomic E-state index is -0.388. The van der Waals surface area contributed by atoms with Gasteiger partial charge in [0.2, 0.25) is 12.7 Å². The predicted octanol–water partition coefficient (Wildman–Crippen LogP) is 3.07. The normalized spacial score (nSPS) is 15.3. The van der Waals surface area contributed by atoms with Crippen LogP contribution >= 0.6 is 0 Å². The Kier molecular flexibility index (Phi) is 6.03. The number of nitrogens with zero attached hydrogens (tertiary/aromatic N) is 3. The number of benzene rings is 2. The monoisotopic (exact) mass is 466 g/mol. The molecule has 176 valence electrons. The van der Waals surface area contributed by atoms with Crippen molar-refractivity contribution < 1.29 is 28.2 Å². The number of likely N-dealkylation sites (tertiary alicyclic amines) is 1. The number of rotatable bonds is 6. The average molecular weight is 466 g/mol. The van der Waals surface area contributed by atoms with Gasteiger partial charge in [0.15, 0.2) is 23.1 Å². The zero-order chi connectivity index (χ0) is 23.5. The van der Waals surface area contributed by atoms with Gasteiger partial charge >= 0.3 is 0 Å². The Hall–Kier alpha value is -4.08. The van der Waals surface area contributed by atoms with Gasteiger partial charge in [0.25, 0.3) is 5.91 Å². The molecule has 0 bridgehead atoms. The first-order valence-corrected chi connectivity index (χ1v) is 11.0. The molecule has 1 saturated heterocycles. The number of nitrogens with one attached hydrogen (secondary N) is 1. The molecular weight excluding hydrogens is 443 g/mol. The Morgan fingerprint density at radius 1 is 1.12 bits per heavy atom. The van der Waals surface area contributed by atoms with Crippen molar-refractivity contribution in [3.63, 3.8) is 0 Å². The maximum absolute atomic E-state index is 13.8. The molecular formula is C24H23FN4O5. The number of piperidine rings is 1. The number of carbonyl (C=O) groups excluding carboxylic acids is 2. The van der Waals surface area contributed by atoms with Crippen molar-refractivity contribution >= 4 is 17.5 Å². The summed E-state index contributed by atoms with van der Waals surface area (Å²) in [5.74, 6) is 0.574. The smallest absolute Gasteiger partial charge is 0.255 e. The molecule has 0 unspecified atom stereocenters. The van der Waals surface area contributed by atoms with Gasteiger partial charge in [-0.05, 0) is 30.3 Å². The first-order chi connectivity index (χ1) is 16.5. The van der Waals surface area contributed by atoms with E-state index in [4.69, 9.17) is 14.2 Å². The molecule has 10 heteroatoms. The summed E-state index contributed by atoms with van der Waals surface area (Å²) >= 11 is 0. The first-order valence-electron chi connectivity index (χ1n) is 11.0. The van der Waals surface area contributed by atoms with Crippen molar-refractivity contribution in [2.75, 3.05) is 25.2 Å². The molecule has 3 heterocycles. The number of hydrogen-bond donors (Lipinski definition) is 1. The molecule has 9 nitrogen and oxygen atoms in total. The minimum Gasteiger partial charge on any atom is -0.487 e. The number of anilines is 1. The number of hydrogen-bond acceptors (Lipinski definition) is 6. The van der Waals surface area contributed by atoms with E-state index in [2.05, 4.69) is 10.4 Å². The van der Waals surface area contributed by atoms with Crippen LogP contribution in [0.3, 0.4) is 0 Å². The van der Waals surface area contributed by atoms with Crippen molar-refractivity contribution in [2.45, 2.75) is 25.5 Å². The number of aromatic nitrogens is 2. The van der Waals surface area contributed by atoms with Gasteiger partial charge in [-0.1, -0.05) is 12.1 Å². The van der Waals surface area contributed by atoms with Crippen LogP contribution in [0.4, 0.5) is 10.1 Å². The summed E-state index contributed by atoms with van der Waals surface area (Å²) < 4.78 is 31.6. The van der Waals surface area contributed by atoms with Crippen molar-refractivity contribution in [2.24, 2.45) is 0 Å². The lowest BCUT2D eigenvalue weighted by atomic mass is 10.1. The van der Waals surface area contributed by atoms with Gasteiger partial charge in [-0.25, -0.2) is 4.39 Å². The van der Waals surface area contributed by atoms with E-state index in [0.29, 0.717) is 48.7 Å². The van der Waals surface area contributed by atoms with Gasteiger partial charge in [-0.2, -0.15) is 5.10 Å². The molecule has 2 aliphatic rings. The lowest BCUT2D eigenvalue weighted by Crippen LogP contribution is -2.43. The third-order valence-electron chi connectivity index (χ3n) is 5.75. The predicted molar refractivity (Wildman–Crippen MR) is 119 cm³/mol. The van der Waals surface area contributed by atoms with Crippen LogP contribution in [0.2, 0.25) is 0 Å². The molecule has 1 aromatic heterocycles. The van der Waals surface area contributed by atoms with E-state index in [0.717, 1.165) is 0 Å². The van der Waals surface area contributed by atoms with Gasteiger partial charge in [-0.3, -0.25) is 14.3 Å². The summed E-state index contributed by atoms with van der Waals surface area (Å²) in [4.78, 5) is 27.0. The molecule has 2 amide bonds. The molecule has 0 saturated carbocycles. The van der Waals surface area contributed by atoms with Crippen molar-refractivity contribution in [1.29, 1.82) is 0 Å². The first kappa shape index (κ1) is 21.7. The minimum absolute atomic E-state index is 0.0543. The van der Waals surface area contributed by atoms with Gasteiger partial charge in [-0.15, -0.1) is 0 Å². The Balaban J connectivity index is 1.11. The van der Waals surface area contributed by atoms with Crippen molar-refractivity contribution in [3.05, 3.63) is 66.2 Å². The molecule has 0 spiro atoms. The second-order valence-corrected chi connectivity index (χ2v) is 8.08. The average Bonchev–Trinajstić information content (AvgIpc) is 3.49.